The molecule has 3 amide bonds. The zero-order valence-corrected chi connectivity index (χ0v) is 20.6. The highest BCUT2D eigenvalue weighted by Gasteiger charge is 2.33. The monoisotopic (exact) mass is 553 g/mol. The van der Waals surface area contributed by atoms with Crippen molar-refractivity contribution in [2.24, 2.45) is 5.10 Å². The Morgan fingerprint density at radius 2 is 1.56 bits per heavy atom. The second-order valence-corrected chi connectivity index (χ2v) is 8.29. The van der Waals surface area contributed by atoms with E-state index in [4.69, 9.17) is 16.3 Å². The Labute approximate surface area is 225 Å². The fraction of sp³-hybridized carbons (Fsp3) is 0.0370. The first-order valence-corrected chi connectivity index (χ1v) is 11.6. The number of nitrogens with one attached hydrogen (secondary N) is 3. The largest absolute Gasteiger partial charge is 0.457 e. The highest BCUT2D eigenvalue weighted by Crippen LogP contribution is 2.36. The van der Waals surface area contributed by atoms with Crippen LogP contribution in [0.2, 0.25) is 5.02 Å². The first-order chi connectivity index (χ1) is 18.7. The van der Waals surface area contributed by atoms with Gasteiger partial charge in [0, 0.05) is 23.6 Å². The Morgan fingerprint density at radius 3 is 2.28 bits per heavy atom. The number of nitrogens with zero attached hydrogens (tertiary/aromatic N) is 2. The summed E-state index contributed by atoms with van der Waals surface area (Å²) >= 11 is 5.60. The molecule has 8 nitrogen and oxygen atoms in total. The van der Waals surface area contributed by atoms with E-state index in [1.165, 1.54) is 36.7 Å². The summed E-state index contributed by atoms with van der Waals surface area (Å²) in [6, 6.07) is 20.7. The van der Waals surface area contributed by atoms with E-state index in [2.05, 4.69) is 26.1 Å². The van der Waals surface area contributed by atoms with Crippen LogP contribution in [0.1, 0.15) is 21.6 Å². The van der Waals surface area contributed by atoms with Gasteiger partial charge >= 0.3 is 12.2 Å². The van der Waals surface area contributed by atoms with Gasteiger partial charge in [-0.25, -0.2) is 10.2 Å². The van der Waals surface area contributed by atoms with Gasteiger partial charge in [0.15, 0.2) is 0 Å². The van der Waals surface area contributed by atoms with Crippen LogP contribution < -0.4 is 20.8 Å². The van der Waals surface area contributed by atoms with E-state index in [-0.39, 0.29) is 11.4 Å². The van der Waals surface area contributed by atoms with Crippen LogP contribution in [0, 0.1) is 0 Å². The van der Waals surface area contributed by atoms with Crippen LogP contribution >= 0.6 is 11.6 Å². The summed E-state index contributed by atoms with van der Waals surface area (Å²) in [6.45, 7) is 0. The molecule has 0 aliphatic heterocycles. The average Bonchev–Trinajstić information content (AvgIpc) is 2.91. The minimum Gasteiger partial charge on any atom is -0.457 e. The molecular formula is C27H19ClF3N5O3. The third-order valence-corrected chi connectivity index (χ3v) is 5.35. The van der Waals surface area contributed by atoms with Gasteiger partial charge < -0.3 is 15.4 Å². The minimum atomic E-state index is -4.66. The summed E-state index contributed by atoms with van der Waals surface area (Å²) in [5.74, 6) is 0.207. The predicted molar refractivity (Wildman–Crippen MR) is 141 cm³/mol. The summed E-state index contributed by atoms with van der Waals surface area (Å²) < 4.78 is 44.8. The standard InChI is InChI=1S/C27H19ClF3N5O3/c28-23-11-8-19(14-22(23)27(29,30)31)35-26(38)34-18-6-9-20(10-7-18)39-21-12-13-32-24(15-21)25(37)36-33-16-17-4-2-1-3-5-17/h1-16H,(H,36,37)(H2,34,35,38). The quantitative estimate of drug-likeness (QED) is 0.170. The van der Waals surface area contributed by atoms with Crippen LogP contribution in [0.15, 0.2) is 96.2 Å². The zero-order chi connectivity index (χ0) is 27.8. The molecule has 0 aliphatic rings. The van der Waals surface area contributed by atoms with Crippen LogP contribution in [-0.2, 0) is 6.18 Å². The van der Waals surface area contributed by atoms with Crippen molar-refractivity contribution in [1.82, 2.24) is 10.4 Å². The summed E-state index contributed by atoms with van der Waals surface area (Å²) in [5.41, 5.74) is 2.53. The maximum atomic E-state index is 13.0. The van der Waals surface area contributed by atoms with Crippen molar-refractivity contribution in [2.45, 2.75) is 6.18 Å². The van der Waals surface area contributed by atoms with Crippen molar-refractivity contribution in [3.05, 3.63) is 113 Å². The minimum absolute atomic E-state index is 0.0764. The number of hydrogen-bond donors (Lipinski definition) is 3. The molecule has 1 aromatic heterocycles. The van der Waals surface area contributed by atoms with Crippen LogP contribution in [0.4, 0.5) is 29.3 Å². The Kier molecular flexibility index (Phi) is 8.42. The number of benzene rings is 3. The number of hydrogen-bond acceptors (Lipinski definition) is 5. The Morgan fingerprint density at radius 1 is 0.872 bits per heavy atom. The Bertz CT molecular complexity index is 1500. The summed E-state index contributed by atoms with van der Waals surface area (Å²) in [4.78, 5) is 28.6. The molecule has 3 N–H and O–H groups in total. The van der Waals surface area contributed by atoms with Gasteiger partial charge in [-0.05, 0) is 54.1 Å². The Hall–Kier alpha value is -4.90. The SMILES string of the molecule is O=C(Nc1ccc(Oc2ccnc(C(=O)NN=Cc3ccccc3)c2)cc1)Nc1ccc(Cl)c(C(F)(F)F)c1. The number of alkyl halides is 3. The smallest absolute Gasteiger partial charge is 0.417 e. The molecule has 0 bridgehead atoms. The number of amides is 3. The zero-order valence-electron chi connectivity index (χ0n) is 19.9. The molecule has 0 aliphatic carbocycles. The topological polar surface area (TPSA) is 105 Å². The fourth-order valence-corrected chi connectivity index (χ4v) is 3.44. The number of halogens is 4. The molecular weight excluding hydrogens is 535 g/mol. The van der Waals surface area contributed by atoms with Gasteiger partial charge in [0.1, 0.15) is 17.2 Å². The number of aromatic nitrogens is 1. The lowest BCUT2D eigenvalue weighted by Crippen LogP contribution is -2.19. The number of carbonyl (C=O) groups excluding carboxylic acids is 2. The van der Waals surface area contributed by atoms with Crippen molar-refractivity contribution < 1.29 is 27.5 Å². The van der Waals surface area contributed by atoms with Crippen LogP contribution in [0.25, 0.3) is 0 Å². The number of hydrazone groups is 1. The van der Waals surface area contributed by atoms with Gasteiger partial charge in [0.2, 0.25) is 0 Å². The van der Waals surface area contributed by atoms with E-state index in [9.17, 15) is 22.8 Å². The maximum absolute atomic E-state index is 13.0. The van der Waals surface area contributed by atoms with Crippen LogP contribution in [-0.4, -0.2) is 23.1 Å². The van der Waals surface area contributed by atoms with Gasteiger partial charge in [-0.15, -0.1) is 0 Å². The first-order valence-electron chi connectivity index (χ1n) is 11.2. The molecule has 1 heterocycles. The van der Waals surface area contributed by atoms with E-state index < -0.39 is 28.7 Å². The number of ether oxygens (including phenoxy) is 1. The molecule has 0 atom stereocenters. The number of pyridine rings is 1. The van der Waals surface area contributed by atoms with E-state index in [0.717, 1.165) is 17.7 Å². The van der Waals surface area contributed by atoms with E-state index in [1.54, 1.807) is 18.2 Å². The molecule has 0 unspecified atom stereocenters. The number of urea groups is 1. The second kappa shape index (κ2) is 12.1. The molecule has 3 aromatic carbocycles. The highest BCUT2D eigenvalue weighted by atomic mass is 35.5. The average molecular weight is 554 g/mol. The van der Waals surface area contributed by atoms with E-state index in [1.807, 2.05) is 30.3 Å². The van der Waals surface area contributed by atoms with Crippen LogP contribution in [0.5, 0.6) is 11.5 Å². The van der Waals surface area contributed by atoms with Crippen molar-refractivity contribution in [3.63, 3.8) is 0 Å². The molecule has 0 spiro atoms. The maximum Gasteiger partial charge on any atom is 0.417 e. The lowest BCUT2D eigenvalue weighted by Gasteiger charge is -2.12. The lowest BCUT2D eigenvalue weighted by molar-refractivity contribution is -0.137. The molecule has 0 fully saturated rings. The normalized spacial score (nSPS) is 11.2. The van der Waals surface area contributed by atoms with Gasteiger partial charge in [0.25, 0.3) is 5.91 Å². The van der Waals surface area contributed by atoms with Crippen molar-refractivity contribution in [1.29, 1.82) is 0 Å². The number of anilines is 2. The molecule has 0 radical (unpaired) electrons. The molecule has 198 valence electrons. The first kappa shape index (κ1) is 27.1. The summed E-state index contributed by atoms with van der Waals surface area (Å²) in [6.07, 6.45) is -1.74. The molecule has 4 rings (SSSR count). The fourth-order valence-electron chi connectivity index (χ4n) is 3.22. The molecule has 39 heavy (non-hydrogen) atoms. The van der Waals surface area contributed by atoms with Gasteiger partial charge in [-0.2, -0.15) is 18.3 Å². The van der Waals surface area contributed by atoms with Crippen molar-refractivity contribution in [2.75, 3.05) is 10.6 Å². The summed E-state index contributed by atoms with van der Waals surface area (Å²) in [5, 5.41) is 8.28. The van der Waals surface area contributed by atoms with Crippen molar-refractivity contribution >= 4 is 41.1 Å². The molecule has 0 saturated carbocycles. The van der Waals surface area contributed by atoms with Gasteiger partial charge in [-0.1, -0.05) is 41.9 Å². The summed E-state index contributed by atoms with van der Waals surface area (Å²) in [7, 11) is 0. The van der Waals surface area contributed by atoms with Gasteiger partial charge in [-0.3, -0.25) is 9.78 Å². The predicted octanol–water partition coefficient (Wildman–Crippen LogP) is 6.95. The number of carbonyl (C=O) groups is 2. The molecule has 0 saturated heterocycles. The highest BCUT2D eigenvalue weighted by molar-refractivity contribution is 6.31. The van der Waals surface area contributed by atoms with E-state index in [0.29, 0.717) is 17.2 Å². The molecule has 4 aromatic rings. The molecule has 12 heteroatoms. The van der Waals surface area contributed by atoms with Crippen LogP contribution in [0.3, 0.4) is 0 Å². The third kappa shape index (κ3) is 7.79. The third-order valence-electron chi connectivity index (χ3n) is 5.02. The lowest BCUT2D eigenvalue weighted by atomic mass is 10.2. The second-order valence-electron chi connectivity index (χ2n) is 7.88. The number of rotatable bonds is 7. The van der Waals surface area contributed by atoms with Gasteiger partial charge in [0.05, 0.1) is 16.8 Å². The van der Waals surface area contributed by atoms with Crippen molar-refractivity contribution in [3.8, 4) is 11.5 Å². The van der Waals surface area contributed by atoms with E-state index >= 15 is 0 Å². The Balaban J connectivity index is 1.33.